The summed E-state index contributed by atoms with van der Waals surface area (Å²) in [4.78, 5) is 15.3. The minimum absolute atomic E-state index is 0.133. The maximum Gasteiger partial charge on any atom is 0.303 e. The molecule has 1 aliphatic rings. The standard InChI is InChI=1S/C12H15NO2/c1-8-6-10-4-3-5-11(15-9(2)14)12(10)13-7-8/h6-7,11H,3-5H2,1-2H3/t11-/m0/s1. The number of aromatic nitrogens is 1. The van der Waals surface area contributed by atoms with Gasteiger partial charge < -0.3 is 4.74 Å². The number of carbonyl (C=O) groups is 1. The van der Waals surface area contributed by atoms with Crippen molar-refractivity contribution in [1.82, 2.24) is 4.98 Å². The van der Waals surface area contributed by atoms with Crippen molar-refractivity contribution in [1.29, 1.82) is 0 Å². The van der Waals surface area contributed by atoms with Crippen LogP contribution in [-0.2, 0) is 16.0 Å². The Kier molecular flexibility index (Phi) is 2.71. The summed E-state index contributed by atoms with van der Waals surface area (Å²) in [6.07, 6.45) is 4.70. The molecule has 1 heterocycles. The number of fused-ring (bicyclic) bond motifs is 1. The van der Waals surface area contributed by atoms with Crippen molar-refractivity contribution in [3.63, 3.8) is 0 Å². The summed E-state index contributed by atoms with van der Waals surface area (Å²) in [6.45, 7) is 3.48. The molecule has 0 spiro atoms. The summed E-state index contributed by atoms with van der Waals surface area (Å²) in [5.41, 5.74) is 3.34. The van der Waals surface area contributed by atoms with Gasteiger partial charge in [0.2, 0.25) is 0 Å². The third-order valence-electron chi connectivity index (χ3n) is 2.66. The van der Waals surface area contributed by atoms with Crippen LogP contribution in [0.5, 0.6) is 0 Å². The molecule has 0 aromatic carbocycles. The van der Waals surface area contributed by atoms with Crippen LogP contribution in [0.15, 0.2) is 12.3 Å². The first-order chi connectivity index (χ1) is 7.16. The number of pyridine rings is 1. The smallest absolute Gasteiger partial charge is 0.303 e. The van der Waals surface area contributed by atoms with Crippen LogP contribution >= 0.6 is 0 Å². The molecule has 0 amide bonds. The highest BCUT2D eigenvalue weighted by Crippen LogP contribution is 2.31. The number of ether oxygens (including phenoxy) is 1. The van der Waals surface area contributed by atoms with Crippen molar-refractivity contribution in [3.05, 3.63) is 29.1 Å². The van der Waals surface area contributed by atoms with Gasteiger partial charge in [0.1, 0.15) is 6.10 Å². The topological polar surface area (TPSA) is 39.2 Å². The molecule has 0 radical (unpaired) electrons. The minimum Gasteiger partial charge on any atom is -0.456 e. The average molecular weight is 205 g/mol. The molecule has 1 aromatic heterocycles. The Morgan fingerprint density at radius 2 is 2.40 bits per heavy atom. The Morgan fingerprint density at radius 3 is 3.13 bits per heavy atom. The second-order valence-electron chi connectivity index (χ2n) is 4.05. The summed E-state index contributed by atoms with van der Waals surface area (Å²) < 4.78 is 5.26. The predicted molar refractivity (Wildman–Crippen MR) is 56.4 cm³/mol. The van der Waals surface area contributed by atoms with Crippen LogP contribution in [0.2, 0.25) is 0 Å². The lowest BCUT2D eigenvalue weighted by Crippen LogP contribution is -2.17. The fourth-order valence-electron chi connectivity index (χ4n) is 2.06. The van der Waals surface area contributed by atoms with Gasteiger partial charge in [-0.25, -0.2) is 0 Å². The van der Waals surface area contributed by atoms with Gasteiger partial charge in [-0.15, -0.1) is 0 Å². The van der Waals surface area contributed by atoms with E-state index in [-0.39, 0.29) is 12.1 Å². The Balaban J connectivity index is 2.30. The number of aryl methyl sites for hydroxylation is 2. The molecule has 80 valence electrons. The first kappa shape index (κ1) is 10.1. The lowest BCUT2D eigenvalue weighted by atomic mass is 9.93. The zero-order valence-electron chi connectivity index (χ0n) is 9.12. The molecule has 0 bridgehead atoms. The Bertz CT molecular complexity index is 387. The molecule has 1 atom stereocenters. The zero-order valence-corrected chi connectivity index (χ0v) is 9.12. The van der Waals surface area contributed by atoms with E-state index in [1.54, 1.807) is 0 Å². The fraction of sp³-hybridized carbons (Fsp3) is 0.500. The van der Waals surface area contributed by atoms with E-state index in [0.717, 1.165) is 30.5 Å². The van der Waals surface area contributed by atoms with Crippen molar-refractivity contribution in [2.75, 3.05) is 0 Å². The van der Waals surface area contributed by atoms with Crippen molar-refractivity contribution in [2.45, 2.75) is 39.2 Å². The summed E-state index contributed by atoms with van der Waals surface area (Å²) in [7, 11) is 0. The SMILES string of the molecule is CC(=O)O[C@H]1CCCc2cc(C)cnc21. The second kappa shape index (κ2) is 4.01. The summed E-state index contributed by atoms with van der Waals surface area (Å²) in [5.74, 6) is -0.227. The maximum atomic E-state index is 10.9. The number of hydrogen-bond acceptors (Lipinski definition) is 3. The summed E-state index contributed by atoms with van der Waals surface area (Å²) in [6, 6.07) is 2.14. The molecule has 0 saturated heterocycles. The van der Waals surface area contributed by atoms with Gasteiger partial charge >= 0.3 is 5.97 Å². The third kappa shape index (κ3) is 2.17. The molecule has 0 N–H and O–H groups in total. The molecule has 1 aliphatic carbocycles. The molecule has 0 unspecified atom stereocenters. The van der Waals surface area contributed by atoms with E-state index in [0.29, 0.717) is 0 Å². The monoisotopic (exact) mass is 205 g/mol. The lowest BCUT2D eigenvalue weighted by molar-refractivity contribution is -0.147. The summed E-state index contributed by atoms with van der Waals surface area (Å²) in [5, 5.41) is 0. The molecular weight excluding hydrogens is 190 g/mol. The van der Waals surface area contributed by atoms with Crippen molar-refractivity contribution >= 4 is 5.97 Å². The second-order valence-corrected chi connectivity index (χ2v) is 4.05. The van der Waals surface area contributed by atoms with Crippen LogP contribution in [0.3, 0.4) is 0 Å². The zero-order chi connectivity index (χ0) is 10.8. The van der Waals surface area contributed by atoms with Crippen LogP contribution in [0.1, 0.15) is 42.7 Å². The van der Waals surface area contributed by atoms with E-state index in [1.165, 1.54) is 12.5 Å². The first-order valence-electron chi connectivity index (χ1n) is 5.29. The van der Waals surface area contributed by atoms with E-state index in [4.69, 9.17) is 4.74 Å². The number of carbonyl (C=O) groups excluding carboxylic acids is 1. The third-order valence-corrected chi connectivity index (χ3v) is 2.66. The Labute approximate surface area is 89.5 Å². The molecule has 3 heteroatoms. The maximum absolute atomic E-state index is 10.9. The predicted octanol–water partition coefficient (Wildman–Crippen LogP) is 2.33. The van der Waals surface area contributed by atoms with Gasteiger partial charge in [-0.3, -0.25) is 9.78 Å². The van der Waals surface area contributed by atoms with Crippen LogP contribution in [0, 0.1) is 6.92 Å². The molecule has 3 nitrogen and oxygen atoms in total. The molecule has 0 aliphatic heterocycles. The van der Waals surface area contributed by atoms with Crippen molar-refractivity contribution in [3.8, 4) is 0 Å². The largest absolute Gasteiger partial charge is 0.456 e. The Morgan fingerprint density at radius 1 is 1.60 bits per heavy atom. The van der Waals surface area contributed by atoms with E-state index in [2.05, 4.69) is 11.1 Å². The highest BCUT2D eigenvalue weighted by molar-refractivity contribution is 5.66. The first-order valence-corrected chi connectivity index (χ1v) is 5.29. The number of hydrogen-bond donors (Lipinski definition) is 0. The van der Waals surface area contributed by atoms with Crippen LogP contribution < -0.4 is 0 Å². The number of nitrogens with zero attached hydrogens (tertiary/aromatic N) is 1. The average Bonchev–Trinajstić information content (AvgIpc) is 2.16. The van der Waals surface area contributed by atoms with Crippen molar-refractivity contribution < 1.29 is 9.53 Å². The quantitative estimate of drug-likeness (QED) is 0.660. The summed E-state index contributed by atoms with van der Waals surface area (Å²) >= 11 is 0. The van der Waals surface area contributed by atoms with Gasteiger partial charge in [0.25, 0.3) is 0 Å². The molecular formula is C12H15NO2. The highest BCUT2D eigenvalue weighted by atomic mass is 16.5. The van der Waals surface area contributed by atoms with E-state index < -0.39 is 0 Å². The van der Waals surface area contributed by atoms with Gasteiger partial charge in [0.15, 0.2) is 0 Å². The molecule has 2 rings (SSSR count). The van der Waals surface area contributed by atoms with Crippen LogP contribution in [0.4, 0.5) is 0 Å². The highest BCUT2D eigenvalue weighted by Gasteiger charge is 2.23. The molecule has 15 heavy (non-hydrogen) atoms. The van der Waals surface area contributed by atoms with E-state index >= 15 is 0 Å². The van der Waals surface area contributed by atoms with Crippen LogP contribution in [0.25, 0.3) is 0 Å². The van der Waals surface area contributed by atoms with Crippen molar-refractivity contribution in [2.24, 2.45) is 0 Å². The van der Waals surface area contributed by atoms with Gasteiger partial charge in [0.05, 0.1) is 5.69 Å². The molecule has 0 fully saturated rings. The van der Waals surface area contributed by atoms with Crippen LogP contribution in [-0.4, -0.2) is 11.0 Å². The number of esters is 1. The van der Waals surface area contributed by atoms with E-state index in [1.807, 2.05) is 13.1 Å². The van der Waals surface area contributed by atoms with Gasteiger partial charge in [-0.05, 0) is 37.3 Å². The molecule has 0 saturated carbocycles. The molecule has 1 aromatic rings. The van der Waals surface area contributed by atoms with Gasteiger partial charge in [0, 0.05) is 13.1 Å². The fourth-order valence-corrected chi connectivity index (χ4v) is 2.06. The Hall–Kier alpha value is -1.38. The van der Waals surface area contributed by atoms with Gasteiger partial charge in [-0.1, -0.05) is 6.07 Å². The van der Waals surface area contributed by atoms with Gasteiger partial charge in [-0.2, -0.15) is 0 Å². The van der Waals surface area contributed by atoms with E-state index in [9.17, 15) is 4.79 Å². The minimum atomic E-state index is -0.227. The number of rotatable bonds is 1. The normalized spacial score (nSPS) is 19.5. The lowest BCUT2D eigenvalue weighted by Gasteiger charge is -2.24.